The van der Waals surface area contributed by atoms with E-state index in [2.05, 4.69) is 4.98 Å². The van der Waals surface area contributed by atoms with Gasteiger partial charge >= 0.3 is 6.18 Å². The van der Waals surface area contributed by atoms with E-state index in [4.69, 9.17) is 16.7 Å². The van der Waals surface area contributed by atoms with E-state index < -0.39 is 18.3 Å². The van der Waals surface area contributed by atoms with Crippen LogP contribution in [0.5, 0.6) is 0 Å². The van der Waals surface area contributed by atoms with Gasteiger partial charge in [-0.1, -0.05) is 29.4 Å². The Balaban J connectivity index is 2.31. The lowest BCUT2D eigenvalue weighted by Crippen LogP contribution is -2.09. The highest BCUT2D eigenvalue weighted by atomic mass is 35.5. The first kappa shape index (κ1) is 15.2. The number of aliphatic hydroxyl groups is 1. The molecular formula is C13H9ClF3NOS. The molecular weight excluding hydrogens is 311 g/mol. The van der Waals surface area contributed by atoms with Gasteiger partial charge in [-0.15, -0.1) is 0 Å². The molecule has 2 rings (SSSR count). The fourth-order valence-electron chi connectivity index (χ4n) is 1.56. The van der Waals surface area contributed by atoms with Crippen molar-refractivity contribution in [3.8, 4) is 0 Å². The molecule has 0 aliphatic rings. The number of pyridine rings is 1. The second-order valence-corrected chi connectivity index (χ2v) is 5.42. The summed E-state index contributed by atoms with van der Waals surface area (Å²) < 4.78 is 38.6. The van der Waals surface area contributed by atoms with E-state index in [1.54, 1.807) is 12.1 Å². The Morgan fingerprint density at radius 1 is 1.20 bits per heavy atom. The van der Waals surface area contributed by atoms with E-state index in [0.29, 0.717) is 14.9 Å². The van der Waals surface area contributed by atoms with Crippen LogP contribution in [0.15, 0.2) is 46.5 Å². The van der Waals surface area contributed by atoms with Crippen molar-refractivity contribution in [3.05, 3.63) is 52.7 Å². The molecule has 0 fully saturated rings. The highest BCUT2D eigenvalue weighted by Gasteiger charge is 2.33. The largest absolute Gasteiger partial charge is 0.416 e. The Morgan fingerprint density at radius 2 is 1.95 bits per heavy atom. The zero-order chi connectivity index (χ0) is 14.8. The van der Waals surface area contributed by atoms with Crippen molar-refractivity contribution < 1.29 is 18.3 Å². The summed E-state index contributed by atoms with van der Waals surface area (Å²) in [5.74, 6) is 0. The average molecular weight is 320 g/mol. The molecule has 0 aliphatic heterocycles. The molecule has 0 aliphatic carbocycles. The number of nitrogens with zero attached hydrogens (tertiary/aromatic N) is 1. The van der Waals surface area contributed by atoms with Gasteiger partial charge in [0.05, 0.1) is 17.2 Å². The van der Waals surface area contributed by atoms with Gasteiger partial charge in [0, 0.05) is 11.1 Å². The van der Waals surface area contributed by atoms with Crippen molar-refractivity contribution in [1.29, 1.82) is 0 Å². The van der Waals surface area contributed by atoms with E-state index in [1.807, 2.05) is 0 Å². The first-order chi connectivity index (χ1) is 9.40. The van der Waals surface area contributed by atoms with Crippen molar-refractivity contribution in [3.63, 3.8) is 0 Å². The molecule has 2 nitrogen and oxygen atoms in total. The number of rotatable bonds is 3. The lowest BCUT2D eigenvalue weighted by molar-refractivity contribution is -0.138. The van der Waals surface area contributed by atoms with Crippen LogP contribution in [0.25, 0.3) is 0 Å². The lowest BCUT2D eigenvalue weighted by Gasteiger charge is -2.12. The summed E-state index contributed by atoms with van der Waals surface area (Å²) in [6.45, 7) is -0.654. The Kier molecular flexibility index (Phi) is 4.57. The molecule has 0 atom stereocenters. The molecule has 1 aromatic carbocycles. The molecule has 1 N–H and O–H groups in total. The van der Waals surface area contributed by atoms with Crippen molar-refractivity contribution >= 4 is 23.4 Å². The quantitative estimate of drug-likeness (QED) is 0.910. The Bertz CT molecular complexity index is 602. The maximum atomic E-state index is 12.9. The fourth-order valence-corrected chi connectivity index (χ4v) is 2.47. The molecule has 0 amide bonds. The molecule has 0 saturated carbocycles. The topological polar surface area (TPSA) is 33.1 Å². The van der Waals surface area contributed by atoms with Crippen molar-refractivity contribution in [2.45, 2.75) is 22.7 Å². The Hall–Kier alpha value is -1.24. The second kappa shape index (κ2) is 6.03. The normalized spacial score (nSPS) is 11.7. The minimum absolute atomic E-state index is 0.147. The minimum Gasteiger partial charge on any atom is -0.392 e. The predicted molar refractivity (Wildman–Crippen MR) is 70.7 cm³/mol. The van der Waals surface area contributed by atoms with Gasteiger partial charge in [-0.05, 0) is 29.8 Å². The number of aromatic nitrogens is 1. The van der Waals surface area contributed by atoms with Gasteiger partial charge in [0.2, 0.25) is 0 Å². The Morgan fingerprint density at radius 3 is 2.50 bits per heavy atom. The molecule has 7 heteroatoms. The van der Waals surface area contributed by atoms with Crippen LogP contribution in [0.3, 0.4) is 0 Å². The fraction of sp³-hybridized carbons (Fsp3) is 0.154. The van der Waals surface area contributed by atoms with Crippen molar-refractivity contribution in [1.82, 2.24) is 4.98 Å². The van der Waals surface area contributed by atoms with Crippen molar-refractivity contribution in [2.75, 3.05) is 0 Å². The van der Waals surface area contributed by atoms with Gasteiger partial charge < -0.3 is 5.11 Å². The van der Waals surface area contributed by atoms with Crippen LogP contribution in [-0.2, 0) is 12.8 Å². The molecule has 0 bridgehead atoms. The van der Waals surface area contributed by atoms with Crippen LogP contribution < -0.4 is 0 Å². The van der Waals surface area contributed by atoms with E-state index >= 15 is 0 Å². The van der Waals surface area contributed by atoms with Gasteiger partial charge in [0.25, 0.3) is 0 Å². The van der Waals surface area contributed by atoms with Crippen LogP contribution in [-0.4, -0.2) is 10.1 Å². The second-order valence-electron chi connectivity index (χ2n) is 3.89. The number of hydrogen-bond acceptors (Lipinski definition) is 3. The van der Waals surface area contributed by atoms with E-state index in [-0.39, 0.29) is 5.56 Å². The summed E-state index contributed by atoms with van der Waals surface area (Å²) in [5, 5.41) is 9.96. The van der Waals surface area contributed by atoms with Crippen LogP contribution >= 0.6 is 23.4 Å². The molecule has 0 saturated heterocycles. The number of alkyl halides is 3. The third kappa shape index (κ3) is 3.65. The highest BCUT2D eigenvalue weighted by Crippen LogP contribution is 2.36. The van der Waals surface area contributed by atoms with Gasteiger partial charge in [-0.3, -0.25) is 0 Å². The maximum Gasteiger partial charge on any atom is 0.416 e. The molecule has 20 heavy (non-hydrogen) atoms. The smallest absolute Gasteiger partial charge is 0.392 e. The van der Waals surface area contributed by atoms with Gasteiger partial charge in [-0.2, -0.15) is 13.2 Å². The molecule has 1 heterocycles. The van der Waals surface area contributed by atoms with Crippen LogP contribution in [0, 0.1) is 0 Å². The summed E-state index contributed by atoms with van der Waals surface area (Å²) >= 11 is 6.79. The molecule has 0 unspecified atom stereocenters. The summed E-state index contributed by atoms with van der Waals surface area (Å²) in [6.07, 6.45) is -3.07. The van der Waals surface area contributed by atoms with Gasteiger partial charge in [0.1, 0.15) is 5.03 Å². The van der Waals surface area contributed by atoms with E-state index in [1.165, 1.54) is 18.3 Å². The third-order valence-corrected chi connectivity index (χ3v) is 3.64. The number of benzene rings is 1. The third-order valence-electron chi connectivity index (χ3n) is 2.48. The average Bonchev–Trinajstić information content (AvgIpc) is 2.40. The lowest BCUT2D eigenvalue weighted by atomic mass is 10.1. The molecule has 0 radical (unpaired) electrons. The zero-order valence-corrected chi connectivity index (χ0v) is 11.6. The van der Waals surface area contributed by atoms with Gasteiger partial charge in [-0.25, -0.2) is 4.98 Å². The van der Waals surface area contributed by atoms with Crippen LogP contribution in [0.4, 0.5) is 13.2 Å². The minimum atomic E-state index is -4.50. The van der Waals surface area contributed by atoms with Crippen LogP contribution in [0.2, 0.25) is 5.02 Å². The first-order valence-electron chi connectivity index (χ1n) is 5.50. The summed E-state index contributed by atoms with van der Waals surface area (Å²) in [4.78, 5) is 4.40. The SMILES string of the molecule is OCc1ccc(Sc2ccc(Cl)cn2)cc1C(F)(F)F. The monoisotopic (exact) mass is 319 g/mol. The van der Waals surface area contributed by atoms with Crippen LogP contribution in [0.1, 0.15) is 11.1 Å². The first-order valence-corrected chi connectivity index (χ1v) is 6.70. The molecule has 2 aromatic rings. The van der Waals surface area contributed by atoms with E-state index in [0.717, 1.165) is 17.8 Å². The number of aliphatic hydroxyl groups excluding tert-OH is 1. The molecule has 1 aromatic heterocycles. The predicted octanol–water partition coefficient (Wildman–Crippen LogP) is 4.40. The Labute approximate surface area is 122 Å². The number of halogens is 4. The standard InChI is InChI=1S/C13H9ClF3NOS/c14-9-2-4-12(18-6-9)20-10-3-1-8(7-19)11(5-10)13(15,16)17/h1-6,19H,7H2. The molecule has 106 valence electrons. The van der Waals surface area contributed by atoms with E-state index in [9.17, 15) is 13.2 Å². The summed E-state index contributed by atoms with van der Waals surface area (Å²) in [6, 6.07) is 7.03. The van der Waals surface area contributed by atoms with Crippen molar-refractivity contribution in [2.24, 2.45) is 0 Å². The molecule has 0 spiro atoms. The zero-order valence-electron chi connectivity index (χ0n) is 9.99. The highest BCUT2D eigenvalue weighted by molar-refractivity contribution is 7.99. The van der Waals surface area contributed by atoms with Gasteiger partial charge in [0.15, 0.2) is 0 Å². The number of hydrogen-bond donors (Lipinski definition) is 1. The maximum absolute atomic E-state index is 12.9. The summed E-state index contributed by atoms with van der Waals surface area (Å²) in [7, 11) is 0. The summed E-state index contributed by atoms with van der Waals surface area (Å²) in [5.41, 5.74) is -0.982.